The Kier molecular flexibility index (Phi) is 7.79. The van der Waals surface area contributed by atoms with E-state index in [1.54, 1.807) is 26.0 Å². The average molecular weight is 350 g/mol. The molecule has 134 valence electrons. The maximum Gasteiger partial charge on any atom is 0.320 e. The van der Waals surface area contributed by atoms with E-state index in [1.807, 2.05) is 53.7 Å². The van der Waals surface area contributed by atoms with E-state index < -0.39 is 30.3 Å². The second-order valence-electron chi connectivity index (χ2n) is 7.21. The van der Waals surface area contributed by atoms with Crippen LogP contribution in [-0.2, 0) is 13.6 Å². The molecule has 0 fully saturated rings. The summed E-state index contributed by atoms with van der Waals surface area (Å²) in [4.78, 5) is 0. The van der Waals surface area contributed by atoms with Gasteiger partial charge in [-0.2, -0.15) is 0 Å². The van der Waals surface area contributed by atoms with Crippen LogP contribution in [0, 0.1) is 35.5 Å². The zero-order valence-electron chi connectivity index (χ0n) is 16.2. The topological polar surface area (TPSA) is 35.5 Å². The lowest BCUT2D eigenvalue weighted by Gasteiger charge is -2.41. The van der Waals surface area contributed by atoms with Crippen LogP contribution in [0.4, 0.5) is 0 Å². The van der Waals surface area contributed by atoms with Crippen LogP contribution in [0.25, 0.3) is 0 Å². The molecule has 3 nitrogen and oxygen atoms in total. The summed E-state index contributed by atoms with van der Waals surface area (Å²) in [7, 11) is -2.87. The molecule has 0 aliphatic heterocycles. The minimum Gasteiger partial charge on any atom is -0.298 e. The molecule has 4 heteroatoms. The van der Waals surface area contributed by atoms with Gasteiger partial charge in [0.25, 0.3) is 0 Å². The van der Waals surface area contributed by atoms with E-state index in [-0.39, 0.29) is 0 Å². The van der Waals surface area contributed by atoms with Crippen LogP contribution < -0.4 is 0 Å². The third-order valence-electron chi connectivity index (χ3n) is 4.76. The summed E-state index contributed by atoms with van der Waals surface area (Å²) < 4.78 is 24.3. The van der Waals surface area contributed by atoms with E-state index in [4.69, 9.17) is 21.9 Å². The maximum atomic E-state index is 12.7. The Hall–Kier alpha value is -1.25. The lowest BCUT2D eigenvalue weighted by atomic mass is 9.76. The smallest absolute Gasteiger partial charge is 0.298 e. The molecular weight excluding hydrogens is 319 g/mol. The van der Waals surface area contributed by atoms with Gasteiger partial charge in [0.2, 0.25) is 0 Å². The summed E-state index contributed by atoms with van der Waals surface area (Å²) in [6, 6.07) is 0. The van der Waals surface area contributed by atoms with Crippen molar-refractivity contribution in [3.05, 3.63) is 24.3 Å². The Balaban J connectivity index is 5.66. The minimum absolute atomic E-state index is 0.665. The second-order valence-corrected chi connectivity index (χ2v) is 8.12. The highest BCUT2D eigenvalue weighted by molar-refractivity contribution is 7.33. The van der Waals surface area contributed by atoms with Crippen LogP contribution in [0.2, 0.25) is 0 Å². The maximum absolute atomic E-state index is 12.7. The van der Waals surface area contributed by atoms with Crippen molar-refractivity contribution in [1.82, 2.24) is 0 Å². The van der Waals surface area contributed by atoms with Crippen LogP contribution in [-0.4, -0.2) is 11.2 Å². The average Bonchev–Trinajstić information content (AvgIpc) is 2.46. The van der Waals surface area contributed by atoms with Crippen molar-refractivity contribution in [1.29, 1.82) is 0 Å². The van der Waals surface area contributed by atoms with Crippen molar-refractivity contribution >= 4 is 8.25 Å². The van der Waals surface area contributed by atoms with E-state index >= 15 is 0 Å². The van der Waals surface area contributed by atoms with Crippen LogP contribution in [0.5, 0.6) is 0 Å². The highest BCUT2D eigenvalue weighted by atomic mass is 31.1. The number of allylic oxidation sites excluding steroid dienone is 2. The predicted molar refractivity (Wildman–Crippen MR) is 103 cm³/mol. The number of hydrogen-bond acceptors (Lipinski definition) is 3. The fourth-order valence-corrected chi connectivity index (χ4v) is 3.41. The van der Waals surface area contributed by atoms with Gasteiger partial charge in [-0.25, -0.2) is 0 Å². The molecule has 0 bridgehead atoms. The number of rotatable bonds is 8. The molecule has 0 aromatic carbocycles. The Morgan fingerprint density at radius 2 is 1.08 bits per heavy atom. The fourth-order valence-electron chi connectivity index (χ4n) is 2.03. The second kappa shape index (κ2) is 8.22. The molecule has 0 aliphatic carbocycles. The van der Waals surface area contributed by atoms with Gasteiger partial charge in [0.15, 0.2) is 0 Å². The third-order valence-corrected chi connectivity index (χ3v) is 5.95. The van der Waals surface area contributed by atoms with Crippen LogP contribution in [0.3, 0.4) is 0 Å². The largest absolute Gasteiger partial charge is 0.320 e. The molecule has 0 N–H and O–H groups in total. The van der Waals surface area contributed by atoms with Gasteiger partial charge in [0.1, 0.15) is 11.2 Å². The van der Waals surface area contributed by atoms with Crippen LogP contribution in [0.15, 0.2) is 24.3 Å². The van der Waals surface area contributed by atoms with Crippen LogP contribution >= 0.6 is 8.25 Å². The molecule has 0 aromatic heterocycles. The zero-order valence-corrected chi connectivity index (χ0v) is 17.2. The first-order valence-electron chi connectivity index (χ1n) is 8.00. The SMILES string of the molecule is C#CC(C)(C)C(C)(/C=C/C)O[PH](=O)OC(C)(/C=C/C)C(C)(C)C#C. The molecule has 0 saturated heterocycles. The third kappa shape index (κ3) is 4.87. The molecule has 0 aromatic rings. The molecule has 0 aliphatic rings. The summed E-state index contributed by atoms with van der Waals surface area (Å²) in [6.45, 7) is 14.8. The van der Waals surface area contributed by atoms with Gasteiger partial charge in [0, 0.05) is 0 Å². The minimum atomic E-state index is -2.87. The van der Waals surface area contributed by atoms with E-state index in [9.17, 15) is 4.57 Å². The summed E-state index contributed by atoms with van der Waals surface area (Å²) in [6.07, 6.45) is 18.5. The van der Waals surface area contributed by atoms with Crippen LogP contribution in [0.1, 0.15) is 55.4 Å². The molecule has 2 unspecified atom stereocenters. The first-order chi connectivity index (χ1) is 10.8. The summed E-state index contributed by atoms with van der Waals surface area (Å²) in [5.74, 6) is 5.40. The quantitative estimate of drug-likeness (QED) is 0.334. The molecule has 0 amide bonds. The van der Waals surface area contributed by atoms with Crippen molar-refractivity contribution in [3.8, 4) is 24.7 Å². The van der Waals surface area contributed by atoms with E-state index in [0.717, 1.165) is 0 Å². The summed E-state index contributed by atoms with van der Waals surface area (Å²) >= 11 is 0. The first kappa shape index (κ1) is 22.8. The lowest BCUT2D eigenvalue weighted by Crippen LogP contribution is -2.43. The van der Waals surface area contributed by atoms with Gasteiger partial charge in [-0.3, -0.25) is 13.6 Å². The molecule has 0 rings (SSSR count). The van der Waals surface area contributed by atoms with Gasteiger partial charge in [-0.05, 0) is 55.4 Å². The van der Waals surface area contributed by atoms with Gasteiger partial charge >= 0.3 is 8.25 Å². The molecule has 0 spiro atoms. The van der Waals surface area contributed by atoms with Crippen molar-refractivity contribution in [2.75, 3.05) is 0 Å². The normalized spacial score (nSPS) is 19.4. The number of hydrogen-bond donors (Lipinski definition) is 0. The highest BCUT2D eigenvalue weighted by Crippen LogP contribution is 2.48. The van der Waals surface area contributed by atoms with Gasteiger partial charge < -0.3 is 0 Å². The molecule has 24 heavy (non-hydrogen) atoms. The summed E-state index contributed by atoms with van der Waals surface area (Å²) in [5, 5.41) is 0. The molecule has 0 heterocycles. The van der Waals surface area contributed by atoms with Crippen molar-refractivity contribution in [2.24, 2.45) is 10.8 Å². The highest BCUT2D eigenvalue weighted by Gasteiger charge is 2.44. The Labute approximate surface area is 148 Å². The molecule has 2 atom stereocenters. The fraction of sp³-hybridized carbons (Fsp3) is 0.600. The Morgan fingerprint density at radius 1 is 0.792 bits per heavy atom. The van der Waals surface area contributed by atoms with Crippen molar-refractivity contribution < 1.29 is 13.6 Å². The van der Waals surface area contributed by atoms with E-state index in [2.05, 4.69) is 11.8 Å². The molecule has 0 saturated carbocycles. The number of terminal acetylenes is 2. The standard InChI is InChI=1S/C20H31O3P/c1-11-15-19(9,17(5,6)13-3)22-24(21)23-20(10,16-12-2)18(7,8)14-4/h3-4,11-12,15-16,24H,1-2,5-10H3/b15-11+,16-12+. The van der Waals surface area contributed by atoms with Crippen molar-refractivity contribution in [2.45, 2.75) is 66.6 Å². The summed E-state index contributed by atoms with van der Waals surface area (Å²) in [5.41, 5.74) is -3.18. The van der Waals surface area contributed by atoms with Gasteiger partial charge in [-0.15, -0.1) is 12.8 Å². The lowest BCUT2D eigenvalue weighted by molar-refractivity contribution is -0.000698. The van der Waals surface area contributed by atoms with Gasteiger partial charge in [-0.1, -0.05) is 36.1 Å². The van der Waals surface area contributed by atoms with E-state index in [1.165, 1.54) is 0 Å². The molecule has 0 radical (unpaired) electrons. The predicted octanol–water partition coefficient (Wildman–Crippen LogP) is 5.40. The Morgan fingerprint density at radius 3 is 1.29 bits per heavy atom. The van der Waals surface area contributed by atoms with Crippen molar-refractivity contribution in [3.63, 3.8) is 0 Å². The monoisotopic (exact) mass is 350 g/mol. The molecular formula is C20H31O3P. The Bertz CT molecular complexity index is 549. The van der Waals surface area contributed by atoms with E-state index in [0.29, 0.717) is 0 Å². The van der Waals surface area contributed by atoms with Gasteiger partial charge in [0.05, 0.1) is 10.8 Å². The first-order valence-corrected chi connectivity index (χ1v) is 9.22. The zero-order chi connectivity index (χ0) is 19.2.